The topological polar surface area (TPSA) is 42.9 Å². The molecular formula is C57H55N5S2. The van der Waals surface area contributed by atoms with Crippen molar-refractivity contribution < 1.29 is 0 Å². The minimum Gasteiger partial charge on any atom is -0.359 e. The summed E-state index contributed by atoms with van der Waals surface area (Å²) in [4.78, 5) is 14.8. The van der Waals surface area contributed by atoms with Crippen LogP contribution in [0.4, 0.5) is 0 Å². The van der Waals surface area contributed by atoms with Crippen molar-refractivity contribution >= 4 is 29.4 Å². The number of rotatable bonds is 5. The van der Waals surface area contributed by atoms with Crippen molar-refractivity contribution in [2.45, 2.75) is 105 Å². The third kappa shape index (κ3) is 5.92. The predicted octanol–water partition coefficient (Wildman–Crippen LogP) is 12.0. The van der Waals surface area contributed by atoms with Crippen LogP contribution in [0.2, 0.25) is 0 Å². The molecule has 14 rings (SSSR count). The van der Waals surface area contributed by atoms with Crippen molar-refractivity contribution in [3.05, 3.63) is 211 Å². The van der Waals surface area contributed by atoms with E-state index in [2.05, 4.69) is 184 Å². The highest BCUT2D eigenvalue weighted by Gasteiger charge is 2.53. The van der Waals surface area contributed by atoms with E-state index in [0.717, 1.165) is 50.8 Å². The molecule has 320 valence electrons. The zero-order valence-electron chi connectivity index (χ0n) is 36.3. The zero-order valence-corrected chi connectivity index (χ0v) is 37.9. The summed E-state index contributed by atoms with van der Waals surface area (Å²) in [6, 6.07) is 11.8. The van der Waals surface area contributed by atoms with Crippen molar-refractivity contribution in [2.75, 3.05) is 0 Å². The van der Waals surface area contributed by atoms with Crippen LogP contribution < -0.4 is 10.6 Å². The molecule has 5 nitrogen and oxygen atoms in total. The quantitative estimate of drug-likeness (QED) is 0.287. The smallest absolute Gasteiger partial charge is 0.129 e. The lowest BCUT2D eigenvalue weighted by atomic mass is 9.81. The van der Waals surface area contributed by atoms with Crippen LogP contribution in [-0.4, -0.2) is 50.4 Å². The first-order valence-corrected chi connectivity index (χ1v) is 26.0. The van der Waals surface area contributed by atoms with Crippen LogP contribution in [0.15, 0.2) is 211 Å². The van der Waals surface area contributed by atoms with Crippen LogP contribution >= 0.6 is 23.5 Å². The molecule has 7 heteroatoms. The van der Waals surface area contributed by atoms with Gasteiger partial charge in [-0.3, -0.25) is 5.32 Å². The van der Waals surface area contributed by atoms with E-state index in [1.54, 1.807) is 26.7 Å². The van der Waals surface area contributed by atoms with Gasteiger partial charge in [0.2, 0.25) is 0 Å². The van der Waals surface area contributed by atoms with Gasteiger partial charge in [0.05, 0.1) is 23.4 Å². The lowest BCUT2D eigenvalue weighted by Crippen LogP contribution is -2.51. The van der Waals surface area contributed by atoms with Crippen molar-refractivity contribution in [2.24, 2.45) is 22.7 Å². The number of nitrogens with zero attached hydrogens (tertiary/aromatic N) is 3. The number of thioether (sulfide) groups is 2. The Morgan fingerprint density at radius 1 is 0.734 bits per heavy atom. The first kappa shape index (κ1) is 38.3. The van der Waals surface area contributed by atoms with Gasteiger partial charge in [-0.15, -0.1) is 23.5 Å². The molecule has 8 aliphatic carbocycles. The Morgan fingerprint density at radius 3 is 2.58 bits per heavy atom. The van der Waals surface area contributed by atoms with Gasteiger partial charge in [-0.1, -0.05) is 134 Å². The van der Waals surface area contributed by atoms with Gasteiger partial charge in [0.1, 0.15) is 18.2 Å². The zero-order chi connectivity index (χ0) is 41.9. The summed E-state index contributed by atoms with van der Waals surface area (Å²) in [5.41, 5.74) is 15.9. The minimum atomic E-state index is -0.115. The molecule has 1 saturated heterocycles. The highest BCUT2D eigenvalue weighted by Crippen LogP contribution is 2.60. The summed E-state index contributed by atoms with van der Waals surface area (Å²) in [6.07, 6.45) is 55.1. The fourth-order valence-electron chi connectivity index (χ4n) is 13.2. The lowest BCUT2D eigenvalue weighted by molar-refractivity contribution is 0.241. The van der Waals surface area contributed by atoms with Crippen LogP contribution in [0, 0.1) is 17.8 Å². The predicted molar refractivity (Wildman–Crippen MR) is 266 cm³/mol. The molecule has 1 fully saturated rings. The molecule has 1 aromatic rings. The fraction of sp³-hybridized carbons (Fsp3) is 0.351. The standard InChI is InChI=1S/C57H55N5S2/c1-3-15-34(16-4-1)55-58-56(35-17-5-2-6-18-35)60-57(59-55)45-33-36(61-46-23-11-7-19-37(46)41-28-30-43-39-21-9-13-25-49(39)63-53(43)51(41)61)27-32-48(45)62-47-24-12-8-20-38(47)42-29-31-44-40-22-10-14-26-50(40)64-54(44)52(42)62/h1-5,7,9-11,15-17,19-22,24,27-32,36,40,42-43,46,50,52-53,55-56,58H,6,8,12-14,18,23,25-26,33H2,(H,59,60). The molecule has 0 saturated carbocycles. The van der Waals surface area contributed by atoms with E-state index in [0.29, 0.717) is 34.3 Å². The van der Waals surface area contributed by atoms with Crippen molar-refractivity contribution in [1.82, 2.24) is 20.4 Å². The molecular weight excluding hydrogens is 819 g/mol. The molecule has 5 heterocycles. The molecule has 0 aromatic heterocycles. The second-order valence-electron chi connectivity index (χ2n) is 19.5. The van der Waals surface area contributed by atoms with Crippen molar-refractivity contribution in [1.29, 1.82) is 0 Å². The van der Waals surface area contributed by atoms with Crippen LogP contribution in [0.3, 0.4) is 0 Å². The Hall–Kier alpha value is -4.95. The van der Waals surface area contributed by atoms with Crippen LogP contribution in [0.25, 0.3) is 0 Å². The van der Waals surface area contributed by atoms with Gasteiger partial charge in [-0.2, -0.15) is 0 Å². The third-order valence-corrected chi connectivity index (χ3v) is 19.2. The molecule has 1 aromatic carbocycles. The normalized spacial score (nSPS) is 36.1. The Kier molecular flexibility index (Phi) is 9.18. The number of nitrogens with one attached hydrogen (secondary N) is 2. The number of allylic oxidation sites excluding steroid dienone is 19. The maximum absolute atomic E-state index is 5.80. The van der Waals surface area contributed by atoms with E-state index in [-0.39, 0.29) is 24.4 Å². The summed E-state index contributed by atoms with van der Waals surface area (Å²) in [6.45, 7) is 0. The maximum atomic E-state index is 5.80. The summed E-state index contributed by atoms with van der Waals surface area (Å²) in [5.74, 6) is 2.34. The SMILES string of the molecule is C1=CCCC(C2N=C(C3=C(N4C5=CCCC=C5C5C=CC6=C(SC7CCC=CC67)C54)C=CC(N4C5=C(C=CC6C7=C(CCC=C7)SC56)C5=CC=CCC54)C3)NC(c3ccccc3)N2)=C1. The Bertz CT molecular complexity index is 2760. The van der Waals surface area contributed by atoms with Gasteiger partial charge in [0.25, 0.3) is 0 Å². The van der Waals surface area contributed by atoms with Gasteiger partial charge in [-0.05, 0) is 108 Å². The lowest BCUT2D eigenvalue weighted by Gasteiger charge is -2.43. The van der Waals surface area contributed by atoms with Gasteiger partial charge >= 0.3 is 0 Å². The Labute approximate surface area is 386 Å². The van der Waals surface area contributed by atoms with E-state index in [9.17, 15) is 0 Å². The molecule has 2 N–H and O–H groups in total. The van der Waals surface area contributed by atoms with Crippen LogP contribution in [0.1, 0.15) is 75.9 Å². The average molecular weight is 874 g/mol. The highest BCUT2D eigenvalue weighted by atomic mass is 32.2. The second-order valence-corrected chi connectivity index (χ2v) is 22.0. The third-order valence-electron chi connectivity index (χ3n) is 16.1. The molecule has 0 spiro atoms. The minimum absolute atomic E-state index is 0.0739. The summed E-state index contributed by atoms with van der Waals surface area (Å²) >= 11 is 4.38. The number of aliphatic imine (C=N–C) groups is 1. The summed E-state index contributed by atoms with van der Waals surface area (Å²) in [7, 11) is 0. The number of hydrogen-bond donors (Lipinski definition) is 2. The number of benzene rings is 1. The number of hydrogen-bond acceptors (Lipinski definition) is 7. The first-order chi connectivity index (χ1) is 31.7. The first-order valence-electron chi connectivity index (χ1n) is 24.3. The van der Waals surface area contributed by atoms with E-state index in [1.165, 1.54) is 64.1 Å². The number of fused-ring (bicyclic) bond motifs is 11. The number of likely N-dealkylation sites (tertiary alicyclic amines) is 1. The summed E-state index contributed by atoms with van der Waals surface area (Å²) in [5, 5.41) is 9.12. The van der Waals surface area contributed by atoms with Gasteiger partial charge < -0.3 is 15.1 Å². The Balaban J connectivity index is 0.929. The molecule has 10 unspecified atom stereocenters. The number of amidine groups is 1. The largest absolute Gasteiger partial charge is 0.359 e. The van der Waals surface area contributed by atoms with E-state index in [1.807, 2.05) is 0 Å². The van der Waals surface area contributed by atoms with Gasteiger partial charge in [0.15, 0.2) is 0 Å². The molecule has 5 aliphatic heterocycles. The average Bonchev–Trinajstić information content (AvgIpc) is 4.12. The second kappa shape index (κ2) is 15.3. The molecule has 13 aliphatic rings. The van der Waals surface area contributed by atoms with Crippen molar-refractivity contribution in [3.63, 3.8) is 0 Å². The summed E-state index contributed by atoms with van der Waals surface area (Å²) < 4.78 is 0. The van der Waals surface area contributed by atoms with Crippen LogP contribution in [0.5, 0.6) is 0 Å². The molecule has 10 atom stereocenters. The molecule has 0 radical (unpaired) electrons. The van der Waals surface area contributed by atoms with E-state index in [4.69, 9.17) is 4.99 Å². The monoisotopic (exact) mass is 873 g/mol. The van der Waals surface area contributed by atoms with E-state index < -0.39 is 0 Å². The fourth-order valence-corrected chi connectivity index (χ4v) is 16.6. The van der Waals surface area contributed by atoms with Gasteiger partial charge in [0, 0.05) is 57.0 Å². The maximum Gasteiger partial charge on any atom is 0.129 e. The molecule has 0 amide bonds. The van der Waals surface area contributed by atoms with Crippen LogP contribution in [-0.2, 0) is 0 Å². The molecule has 0 bridgehead atoms. The van der Waals surface area contributed by atoms with E-state index >= 15 is 0 Å². The van der Waals surface area contributed by atoms with Gasteiger partial charge in [-0.25, -0.2) is 4.99 Å². The Morgan fingerprint density at radius 2 is 1.64 bits per heavy atom. The highest BCUT2D eigenvalue weighted by molar-refractivity contribution is 8.04. The molecule has 64 heavy (non-hydrogen) atoms. The van der Waals surface area contributed by atoms with Crippen molar-refractivity contribution in [3.8, 4) is 0 Å².